The third-order valence-electron chi connectivity index (χ3n) is 6.74. The van der Waals surface area contributed by atoms with Gasteiger partial charge in [-0.3, -0.25) is 19.2 Å². The lowest BCUT2D eigenvalue weighted by Gasteiger charge is -2.12. The molecule has 0 aliphatic heterocycles. The molecule has 0 aromatic heterocycles. The van der Waals surface area contributed by atoms with Gasteiger partial charge in [0.15, 0.2) is 11.6 Å². The molecule has 0 saturated heterocycles. The van der Waals surface area contributed by atoms with Crippen LogP contribution in [0.3, 0.4) is 0 Å². The molecular formula is C34H30Cl2N6O4. The average molecular weight is 658 g/mol. The zero-order valence-electron chi connectivity index (χ0n) is 25.4. The first-order chi connectivity index (χ1) is 21.9. The highest BCUT2D eigenvalue weighted by Gasteiger charge is 2.25. The summed E-state index contributed by atoms with van der Waals surface area (Å²) in [6.07, 6.45) is 0. The number of Topliss-reactive ketones (excluding diaryl/α,β-unsaturated/α-hetero) is 2. The molecule has 0 heterocycles. The van der Waals surface area contributed by atoms with Gasteiger partial charge in [0.1, 0.15) is 11.4 Å². The van der Waals surface area contributed by atoms with Crippen LogP contribution in [0.15, 0.2) is 105 Å². The molecule has 46 heavy (non-hydrogen) atoms. The maximum atomic E-state index is 12.8. The van der Waals surface area contributed by atoms with Crippen LogP contribution in [0.1, 0.15) is 25.0 Å². The Bertz CT molecular complexity index is 1860. The Hall–Kier alpha value is -5.06. The standard InChI is InChI=1S/C34H30Cl2N6O4/c1-19-10-13-28(20(2)16-19)38-34(46)32(22(4)44)42-40-30-15-12-24(18-27(30)36)23-11-14-29(26(35)17-23)39-41-31(21(3)43)33(45)37-25-8-6-5-7-9-25/h5-18,31-32H,1-4H3,(H,37,45)(H,38,46)/t31-,32-/m0/s1. The lowest BCUT2D eigenvalue weighted by Crippen LogP contribution is -2.32. The van der Waals surface area contributed by atoms with E-state index in [1.807, 2.05) is 26.0 Å². The molecule has 4 aromatic rings. The summed E-state index contributed by atoms with van der Waals surface area (Å²) in [6, 6.07) is 21.5. The number of anilines is 2. The summed E-state index contributed by atoms with van der Waals surface area (Å²) in [5, 5.41) is 21.9. The van der Waals surface area contributed by atoms with E-state index in [0.717, 1.165) is 11.1 Å². The largest absolute Gasteiger partial charge is 0.324 e. The van der Waals surface area contributed by atoms with Gasteiger partial charge in [-0.1, -0.05) is 71.2 Å². The van der Waals surface area contributed by atoms with E-state index in [0.29, 0.717) is 22.5 Å². The summed E-state index contributed by atoms with van der Waals surface area (Å²) in [5.74, 6) is -2.17. The lowest BCUT2D eigenvalue weighted by atomic mass is 10.0. The number of carbonyl (C=O) groups excluding carboxylic acids is 4. The molecule has 10 nitrogen and oxygen atoms in total. The molecule has 0 radical (unpaired) electrons. The van der Waals surface area contributed by atoms with Gasteiger partial charge in [-0.15, -0.1) is 0 Å². The van der Waals surface area contributed by atoms with Crippen LogP contribution >= 0.6 is 23.2 Å². The molecule has 0 saturated carbocycles. The quantitative estimate of drug-likeness (QED) is 0.123. The van der Waals surface area contributed by atoms with Crippen LogP contribution < -0.4 is 10.6 Å². The molecule has 234 valence electrons. The van der Waals surface area contributed by atoms with E-state index in [2.05, 4.69) is 31.1 Å². The van der Waals surface area contributed by atoms with Gasteiger partial charge in [0.25, 0.3) is 11.8 Å². The molecule has 2 atom stereocenters. The fourth-order valence-electron chi connectivity index (χ4n) is 4.30. The van der Waals surface area contributed by atoms with Crippen molar-refractivity contribution in [3.63, 3.8) is 0 Å². The van der Waals surface area contributed by atoms with Gasteiger partial charge in [0.2, 0.25) is 12.1 Å². The lowest BCUT2D eigenvalue weighted by molar-refractivity contribution is -0.127. The Balaban J connectivity index is 1.47. The van der Waals surface area contributed by atoms with Crippen molar-refractivity contribution in [2.75, 3.05) is 10.6 Å². The second kappa shape index (κ2) is 15.3. The van der Waals surface area contributed by atoms with Crippen molar-refractivity contribution in [3.05, 3.63) is 106 Å². The summed E-state index contributed by atoms with van der Waals surface area (Å²) in [6.45, 7) is 6.33. The second-order valence-corrected chi connectivity index (χ2v) is 11.3. The van der Waals surface area contributed by atoms with E-state index in [4.69, 9.17) is 23.2 Å². The number of nitrogens with zero attached hydrogens (tertiary/aromatic N) is 4. The van der Waals surface area contributed by atoms with Crippen LogP contribution in [0.4, 0.5) is 22.7 Å². The normalized spacial score (nSPS) is 12.6. The molecule has 2 N–H and O–H groups in total. The number of aryl methyl sites for hydroxylation is 2. The number of para-hydroxylation sites is 1. The maximum absolute atomic E-state index is 12.8. The van der Waals surface area contributed by atoms with E-state index >= 15 is 0 Å². The molecule has 0 fully saturated rings. The Labute approximate surface area is 275 Å². The van der Waals surface area contributed by atoms with Crippen LogP contribution in [0.2, 0.25) is 10.0 Å². The first-order valence-corrected chi connectivity index (χ1v) is 14.8. The average Bonchev–Trinajstić information content (AvgIpc) is 3.00. The molecule has 4 rings (SSSR count). The molecule has 4 aromatic carbocycles. The smallest absolute Gasteiger partial charge is 0.258 e. The molecule has 0 unspecified atom stereocenters. The van der Waals surface area contributed by atoms with Gasteiger partial charge in [-0.2, -0.15) is 20.5 Å². The first kappa shape index (κ1) is 33.8. The predicted molar refractivity (Wildman–Crippen MR) is 179 cm³/mol. The summed E-state index contributed by atoms with van der Waals surface area (Å²) < 4.78 is 0. The van der Waals surface area contributed by atoms with Crippen molar-refractivity contribution in [3.8, 4) is 11.1 Å². The number of rotatable bonds is 11. The fraction of sp³-hybridized carbons (Fsp3) is 0.176. The number of azo groups is 2. The van der Waals surface area contributed by atoms with Crippen LogP contribution in [0.25, 0.3) is 11.1 Å². The van der Waals surface area contributed by atoms with Crippen LogP contribution in [0, 0.1) is 13.8 Å². The maximum Gasteiger partial charge on any atom is 0.258 e. The zero-order valence-corrected chi connectivity index (χ0v) is 26.9. The number of hydrogen-bond donors (Lipinski definition) is 2. The van der Waals surface area contributed by atoms with Crippen molar-refractivity contribution >= 4 is 69.3 Å². The summed E-state index contributed by atoms with van der Waals surface area (Å²) in [4.78, 5) is 49.8. The topological polar surface area (TPSA) is 142 Å². The summed E-state index contributed by atoms with van der Waals surface area (Å²) >= 11 is 13.0. The third kappa shape index (κ3) is 8.77. The minimum absolute atomic E-state index is 0.228. The fourth-order valence-corrected chi connectivity index (χ4v) is 4.74. The number of nitrogens with one attached hydrogen (secondary N) is 2. The van der Waals surface area contributed by atoms with Gasteiger partial charge >= 0.3 is 0 Å². The molecular weight excluding hydrogens is 627 g/mol. The number of ketones is 2. The number of benzene rings is 4. The highest BCUT2D eigenvalue weighted by atomic mass is 35.5. The third-order valence-corrected chi connectivity index (χ3v) is 7.34. The highest BCUT2D eigenvalue weighted by molar-refractivity contribution is 6.34. The second-order valence-electron chi connectivity index (χ2n) is 10.5. The van der Waals surface area contributed by atoms with Crippen molar-refractivity contribution in [1.29, 1.82) is 0 Å². The van der Waals surface area contributed by atoms with Crippen LogP contribution in [-0.2, 0) is 19.2 Å². The van der Waals surface area contributed by atoms with Gasteiger partial charge in [-0.05, 0) is 86.8 Å². The first-order valence-electron chi connectivity index (χ1n) is 14.1. The Morgan fingerprint density at radius 2 is 1.13 bits per heavy atom. The Morgan fingerprint density at radius 1 is 0.630 bits per heavy atom. The van der Waals surface area contributed by atoms with Crippen molar-refractivity contribution < 1.29 is 19.2 Å². The van der Waals surface area contributed by atoms with E-state index in [1.54, 1.807) is 72.8 Å². The van der Waals surface area contributed by atoms with E-state index < -0.39 is 35.5 Å². The predicted octanol–water partition coefficient (Wildman–Crippen LogP) is 8.64. The number of hydrogen-bond acceptors (Lipinski definition) is 8. The number of carbonyl (C=O) groups is 4. The zero-order chi connectivity index (χ0) is 33.4. The number of amides is 2. The van der Waals surface area contributed by atoms with Crippen LogP contribution in [-0.4, -0.2) is 35.5 Å². The van der Waals surface area contributed by atoms with Gasteiger partial charge in [0, 0.05) is 11.4 Å². The van der Waals surface area contributed by atoms with E-state index in [1.165, 1.54) is 13.8 Å². The van der Waals surface area contributed by atoms with Crippen LogP contribution in [0.5, 0.6) is 0 Å². The highest BCUT2D eigenvalue weighted by Crippen LogP contribution is 2.35. The SMILES string of the molecule is CC(=O)[C@H](N=Nc1ccc(-c2ccc(N=N[C@@H](C(C)=O)C(=O)Nc3ccc(C)cc3C)c(Cl)c2)cc1Cl)C(=O)Nc1ccccc1. The number of halogens is 2. The van der Waals surface area contributed by atoms with Gasteiger partial charge in [0.05, 0.1) is 10.0 Å². The molecule has 0 bridgehead atoms. The van der Waals surface area contributed by atoms with E-state index in [9.17, 15) is 19.2 Å². The van der Waals surface area contributed by atoms with Crippen molar-refractivity contribution in [1.82, 2.24) is 0 Å². The van der Waals surface area contributed by atoms with Crippen molar-refractivity contribution in [2.24, 2.45) is 20.5 Å². The molecule has 12 heteroatoms. The van der Waals surface area contributed by atoms with E-state index in [-0.39, 0.29) is 21.4 Å². The molecule has 0 spiro atoms. The minimum Gasteiger partial charge on any atom is -0.324 e. The minimum atomic E-state index is -1.36. The summed E-state index contributed by atoms with van der Waals surface area (Å²) in [7, 11) is 0. The van der Waals surface area contributed by atoms with Crippen molar-refractivity contribution in [2.45, 2.75) is 39.8 Å². The Kier molecular flexibility index (Phi) is 11.2. The van der Waals surface area contributed by atoms with Gasteiger partial charge < -0.3 is 10.6 Å². The van der Waals surface area contributed by atoms with Gasteiger partial charge in [-0.25, -0.2) is 0 Å². The monoisotopic (exact) mass is 656 g/mol. The molecule has 0 aliphatic carbocycles. The molecule has 2 amide bonds. The molecule has 0 aliphatic rings. The Morgan fingerprint density at radius 3 is 1.59 bits per heavy atom. The summed E-state index contributed by atoms with van der Waals surface area (Å²) in [5.41, 5.74) is 4.91.